The Morgan fingerprint density at radius 2 is 1.53 bits per heavy atom. The van der Waals surface area contributed by atoms with Crippen LogP contribution in [0.1, 0.15) is 69.4 Å². The van der Waals surface area contributed by atoms with E-state index in [4.69, 9.17) is 4.74 Å². The van der Waals surface area contributed by atoms with E-state index in [1.54, 1.807) is 4.57 Å². The molecule has 1 saturated carbocycles. The second kappa shape index (κ2) is 10.8. The van der Waals surface area contributed by atoms with Gasteiger partial charge in [0, 0.05) is 19.1 Å². The van der Waals surface area contributed by atoms with Crippen LogP contribution in [0.5, 0.6) is 0 Å². The lowest BCUT2D eigenvalue weighted by atomic mass is 9.81. The predicted octanol–water partition coefficient (Wildman–Crippen LogP) is 4.55. The third-order valence-corrected chi connectivity index (χ3v) is 8.03. The quantitative estimate of drug-likeness (QED) is 0.420. The molecule has 1 aliphatic carbocycles. The van der Waals surface area contributed by atoms with Crippen LogP contribution in [0.2, 0.25) is 0 Å². The first-order valence-electron chi connectivity index (χ1n) is 13.3. The SMILES string of the molecule is O=C(OCc1ccccc1)C1(N2CCC(n3c(=O)c(=O)[nH]c4ccccc43)CC2)CCCCCCC1. The molecule has 0 radical (unpaired) electrons. The number of fused-ring (bicyclic) bond motifs is 1. The van der Waals surface area contributed by atoms with E-state index in [0.29, 0.717) is 31.4 Å². The van der Waals surface area contributed by atoms with Crippen LogP contribution >= 0.6 is 0 Å². The van der Waals surface area contributed by atoms with E-state index in [2.05, 4.69) is 9.88 Å². The highest BCUT2D eigenvalue weighted by molar-refractivity contribution is 5.81. The number of H-pyrrole nitrogens is 1. The van der Waals surface area contributed by atoms with E-state index in [1.807, 2.05) is 54.6 Å². The molecule has 0 amide bonds. The second-order valence-corrected chi connectivity index (χ2v) is 10.2. The fraction of sp³-hybridized carbons (Fsp3) is 0.483. The number of aromatic nitrogens is 2. The van der Waals surface area contributed by atoms with E-state index in [0.717, 1.165) is 49.6 Å². The molecule has 7 nitrogen and oxygen atoms in total. The van der Waals surface area contributed by atoms with Gasteiger partial charge in [0.05, 0.1) is 11.0 Å². The summed E-state index contributed by atoms with van der Waals surface area (Å²) in [6.07, 6.45) is 8.55. The number of hydrogen-bond donors (Lipinski definition) is 1. The van der Waals surface area contributed by atoms with Crippen molar-refractivity contribution in [1.29, 1.82) is 0 Å². The molecule has 190 valence electrons. The van der Waals surface area contributed by atoms with Crippen molar-refractivity contribution in [2.75, 3.05) is 13.1 Å². The number of ether oxygens (including phenoxy) is 1. The molecule has 5 rings (SSSR count). The first kappa shape index (κ1) is 24.5. The van der Waals surface area contributed by atoms with Gasteiger partial charge < -0.3 is 9.72 Å². The summed E-state index contributed by atoms with van der Waals surface area (Å²) < 4.78 is 7.61. The highest BCUT2D eigenvalue weighted by Gasteiger charge is 2.46. The van der Waals surface area contributed by atoms with Crippen LogP contribution in [-0.4, -0.2) is 39.0 Å². The Labute approximate surface area is 211 Å². The standard InChI is InChI=1S/C29H35N3O4/c33-26-27(34)32(25-14-8-7-13-24(25)30-26)23-15-19-31(20-16-23)29(17-9-2-1-3-10-18-29)28(35)36-21-22-11-5-4-6-12-22/h4-8,11-14,23H,1-3,9-10,15-21H2,(H,30,33). The van der Waals surface area contributed by atoms with Crippen LogP contribution < -0.4 is 11.1 Å². The zero-order valence-electron chi connectivity index (χ0n) is 20.8. The molecule has 2 aromatic carbocycles. The molecule has 2 fully saturated rings. The third-order valence-electron chi connectivity index (χ3n) is 8.03. The number of nitrogens with one attached hydrogen (secondary N) is 1. The fourth-order valence-electron chi connectivity index (χ4n) is 6.10. The first-order valence-corrected chi connectivity index (χ1v) is 13.3. The maximum absolute atomic E-state index is 13.7. The maximum atomic E-state index is 13.7. The molecule has 2 heterocycles. The number of hydrogen-bond acceptors (Lipinski definition) is 5. The maximum Gasteiger partial charge on any atom is 0.326 e. The number of rotatable bonds is 5. The van der Waals surface area contributed by atoms with Gasteiger partial charge in [-0.05, 0) is 43.4 Å². The molecule has 0 bridgehead atoms. The molecule has 3 aromatic rings. The summed E-state index contributed by atoms with van der Waals surface area (Å²) in [7, 11) is 0. The molecular formula is C29H35N3O4. The van der Waals surface area contributed by atoms with Crippen LogP contribution in [0.4, 0.5) is 0 Å². The average molecular weight is 490 g/mol. The first-order chi connectivity index (χ1) is 17.6. The normalized spacial score (nSPS) is 19.4. The molecule has 1 aromatic heterocycles. The van der Waals surface area contributed by atoms with Gasteiger partial charge >= 0.3 is 17.1 Å². The summed E-state index contributed by atoms with van der Waals surface area (Å²) in [5.41, 5.74) is 0.703. The number of carbonyl (C=O) groups excluding carboxylic acids is 1. The summed E-state index contributed by atoms with van der Waals surface area (Å²) in [6.45, 7) is 1.67. The number of nitrogens with zero attached hydrogens (tertiary/aromatic N) is 2. The minimum Gasteiger partial charge on any atom is -0.459 e. The smallest absolute Gasteiger partial charge is 0.326 e. The molecule has 1 saturated heterocycles. The molecule has 36 heavy (non-hydrogen) atoms. The largest absolute Gasteiger partial charge is 0.459 e. The Balaban J connectivity index is 1.38. The summed E-state index contributed by atoms with van der Waals surface area (Å²) in [6, 6.07) is 17.2. The Kier molecular flexibility index (Phi) is 7.37. The Hall–Kier alpha value is -3.19. The Morgan fingerprint density at radius 3 is 2.25 bits per heavy atom. The molecule has 1 aliphatic heterocycles. The third kappa shape index (κ3) is 4.89. The zero-order valence-corrected chi connectivity index (χ0v) is 20.8. The van der Waals surface area contributed by atoms with Crippen molar-refractivity contribution >= 4 is 17.0 Å². The van der Waals surface area contributed by atoms with E-state index in [1.165, 1.54) is 6.42 Å². The number of likely N-dealkylation sites (tertiary alicyclic amines) is 1. The molecular weight excluding hydrogens is 454 g/mol. The van der Waals surface area contributed by atoms with Crippen molar-refractivity contribution in [2.24, 2.45) is 0 Å². The van der Waals surface area contributed by atoms with Gasteiger partial charge in [-0.15, -0.1) is 0 Å². The van der Waals surface area contributed by atoms with Crippen LogP contribution in [0.3, 0.4) is 0 Å². The van der Waals surface area contributed by atoms with Crippen LogP contribution in [0, 0.1) is 0 Å². The predicted molar refractivity (Wildman–Crippen MR) is 140 cm³/mol. The van der Waals surface area contributed by atoms with Gasteiger partial charge in [0.2, 0.25) is 0 Å². The number of para-hydroxylation sites is 2. The number of piperidine rings is 1. The van der Waals surface area contributed by atoms with Crippen molar-refractivity contribution in [3.63, 3.8) is 0 Å². The van der Waals surface area contributed by atoms with Gasteiger partial charge in [-0.2, -0.15) is 0 Å². The second-order valence-electron chi connectivity index (χ2n) is 10.2. The monoisotopic (exact) mass is 489 g/mol. The van der Waals surface area contributed by atoms with Gasteiger partial charge in [-0.1, -0.05) is 74.6 Å². The highest BCUT2D eigenvalue weighted by atomic mass is 16.5. The molecule has 0 spiro atoms. The van der Waals surface area contributed by atoms with Gasteiger partial charge in [-0.25, -0.2) is 0 Å². The molecule has 7 heteroatoms. The summed E-state index contributed by atoms with van der Waals surface area (Å²) in [5.74, 6) is -0.120. The van der Waals surface area contributed by atoms with E-state index >= 15 is 0 Å². The lowest BCUT2D eigenvalue weighted by Gasteiger charge is -2.46. The minimum absolute atomic E-state index is 0.0769. The van der Waals surface area contributed by atoms with E-state index < -0.39 is 16.7 Å². The number of benzene rings is 2. The topological polar surface area (TPSA) is 84.4 Å². The molecule has 0 atom stereocenters. The van der Waals surface area contributed by atoms with Crippen molar-refractivity contribution in [2.45, 2.75) is 76.0 Å². The van der Waals surface area contributed by atoms with E-state index in [9.17, 15) is 14.4 Å². The van der Waals surface area contributed by atoms with Crippen molar-refractivity contribution in [3.05, 3.63) is 80.9 Å². The Morgan fingerprint density at radius 1 is 0.889 bits per heavy atom. The van der Waals surface area contributed by atoms with Crippen molar-refractivity contribution in [1.82, 2.24) is 14.5 Å². The fourth-order valence-corrected chi connectivity index (χ4v) is 6.10. The van der Waals surface area contributed by atoms with Gasteiger partial charge in [0.15, 0.2) is 0 Å². The molecule has 2 aliphatic rings. The average Bonchev–Trinajstić information content (AvgIpc) is 2.89. The highest BCUT2D eigenvalue weighted by Crippen LogP contribution is 2.37. The Bertz CT molecular complexity index is 1300. The molecule has 1 N–H and O–H groups in total. The van der Waals surface area contributed by atoms with Crippen LogP contribution in [0.15, 0.2) is 64.2 Å². The lowest BCUT2D eigenvalue weighted by molar-refractivity contribution is -0.163. The molecule has 0 unspecified atom stereocenters. The van der Waals surface area contributed by atoms with Gasteiger partial charge in [-0.3, -0.25) is 23.9 Å². The van der Waals surface area contributed by atoms with Crippen molar-refractivity contribution in [3.8, 4) is 0 Å². The van der Waals surface area contributed by atoms with Gasteiger partial charge in [0.1, 0.15) is 12.1 Å². The van der Waals surface area contributed by atoms with Crippen molar-refractivity contribution < 1.29 is 9.53 Å². The number of esters is 1. The zero-order chi connectivity index (χ0) is 25.0. The number of aromatic amines is 1. The van der Waals surface area contributed by atoms with Crippen LogP contribution in [-0.2, 0) is 16.1 Å². The minimum atomic E-state index is -0.624. The van der Waals surface area contributed by atoms with E-state index in [-0.39, 0.29) is 18.6 Å². The van der Waals surface area contributed by atoms with Crippen LogP contribution in [0.25, 0.3) is 11.0 Å². The summed E-state index contributed by atoms with van der Waals surface area (Å²) in [5, 5.41) is 0. The summed E-state index contributed by atoms with van der Waals surface area (Å²) in [4.78, 5) is 44.0. The van der Waals surface area contributed by atoms with Gasteiger partial charge in [0.25, 0.3) is 0 Å². The summed E-state index contributed by atoms with van der Waals surface area (Å²) >= 11 is 0. The lowest BCUT2D eigenvalue weighted by Crippen LogP contribution is -2.58. The number of carbonyl (C=O) groups is 1.